The van der Waals surface area contributed by atoms with E-state index in [0.717, 1.165) is 46.3 Å². The lowest BCUT2D eigenvalue weighted by Gasteiger charge is -2.36. The van der Waals surface area contributed by atoms with Crippen LogP contribution in [0.25, 0.3) is 0 Å². The summed E-state index contributed by atoms with van der Waals surface area (Å²) in [5.74, 6) is 6.43. The summed E-state index contributed by atoms with van der Waals surface area (Å²) in [7, 11) is 0. The number of esters is 1. The maximum absolute atomic E-state index is 12.6. The van der Waals surface area contributed by atoms with E-state index in [1.807, 2.05) is 102 Å². The number of ketones is 2. The average molecular weight is 641 g/mol. The number of hydrogen-bond donors (Lipinski definition) is 1. The third kappa shape index (κ3) is 16.9. The SMILES string of the molecule is CC(=O)C[C@@H](O)C/C(C)=C(\C)CC(=O)/C(C)=C/C=C/C(C)=C/C=C/C=C(C)/C=C/C=C(\C)C#CC1=C(C)C[C@@H](OC(C)=O)CC1(C)C. The Morgan fingerprint density at radius 2 is 1.43 bits per heavy atom. The summed E-state index contributed by atoms with van der Waals surface area (Å²) >= 11 is 0. The Bertz CT molecular complexity index is 1500. The molecule has 1 rings (SSSR count). The summed E-state index contributed by atoms with van der Waals surface area (Å²) in [6.45, 7) is 21.0. The van der Waals surface area contributed by atoms with Gasteiger partial charge in [-0.05, 0) is 79.4 Å². The molecule has 0 heterocycles. The van der Waals surface area contributed by atoms with Crippen LogP contribution in [0.1, 0.15) is 108 Å². The highest BCUT2D eigenvalue weighted by Gasteiger charge is 2.34. The van der Waals surface area contributed by atoms with Crippen molar-refractivity contribution in [1.82, 2.24) is 0 Å². The Kier molecular flexibility index (Phi) is 17.7. The van der Waals surface area contributed by atoms with E-state index in [0.29, 0.717) is 18.4 Å². The van der Waals surface area contributed by atoms with Crippen LogP contribution in [0.15, 0.2) is 105 Å². The zero-order chi connectivity index (χ0) is 35.7. The minimum absolute atomic E-state index is 0.0381. The molecule has 1 aliphatic rings. The first-order valence-corrected chi connectivity index (χ1v) is 16.4. The number of carbonyl (C=O) groups excluding carboxylic acids is 3. The molecule has 0 aliphatic heterocycles. The lowest BCUT2D eigenvalue weighted by molar-refractivity contribution is -0.147. The van der Waals surface area contributed by atoms with E-state index in [1.165, 1.54) is 19.4 Å². The first-order chi connectivity index (χ1) is 21.9. The van der Waals surface area contributed by atoms with Crippen molar-refractivity contribution in [3.05, 3.63) is 105 Å². The van der Waals surface area contributed by atoms with Gasteiger partial charge in [0.1, 0.15) is 11.9 Å². The van der Waals surface area contributed by atoms with Crippen LogP contribution in [-0.2, 0) is 19.1 Å². The highest BCUT2D eigenvalue weighted by Crippen LogP contribution is 2.41. The number of aliphatic hydroxyl groups excluding tert-OH is 1. The third-order valence-corrected chi connectivity index (χ3v) is 7.99. The van der Waals surface area contributed by atoms with E-state index in [2.05, 4.69) is 32.6 Å². The largest absolute Gasteiger partial charge is 0.462 e. The van der Waals surface area contributed by atoms with Gasteiger partial charge < -0.3 is 9.84 Å². The zero-order valence-electron chi connectivity index (χ0n) is 30.5. The second-order valence-corrected chi connectivity index (χ2v) is 13.5. The topological polar surface area (TPSA) is 80.7 Å². The molecule has 0 bridgehead atoms. The molecule has 1 aliphatic carbocycles. The number of allylic oxidation sites excluding steroid dienone is 16. The monoisotopic (exact) mass is 640 g/mol. The van der Waals surface area contributed by atoms with E-state index in [-0.39, 0.29) is 35.5 Å². The summed E-state index contributed by atoms with van der Waals surface area (Å²) < 4.78 is 5.47. The van der Waals surface area contributed by atoms with Crippen molar-refractivity contribution in [2.24, 2.45) is 5.41 Å². The van der Waals surface area contributed by atoms with Crippen molar-refractivity contribution < 1.29 is 24.2 Å². The Hall–Kier alpha value is -4.01. The predicted molar refractivity (Wildman–Crippen MR) is 195 cm³/mol. The molecule has 1 N–H and O–H groups in total. The van der Waals surface area contributed by atoms with Crippen molar-refractivity contribution in [3.8, 4) is 11.8 Å². The fourth-order valence-electron chi connectivity index (χ4n) is 5.33. The van der Waals surface area contributed by atoms with Crippen LogP contribution in [0.5, 0.6) is 0 Å². The molecule has 5 nitrogen and oxygen atoms in total. The van der Waals surface area contributed by atoms with Crippen molar-refractivity contribution in [2.75, 3.05) is 0 Å². The van der Waals surface area contributed by atoms with Crippen LogP contribution in [0.2, 0.25) is 0 Å². The van der Waals surface area contributed by atoms with Crippen molar-refractivity contribution in [1.29, 1.82) is 0 Å². The van der Waals surface area contributed by atoms with Crippen LogP contribution in [0, 0.1) is 17.3 Å². The Morgan fingerprint density at radius 3 is 1.96 bits per heavy atom. The number of carbonyl (C=O) groups is 3. The molecule has 0 aromatic rings. The van der Waals surface area contributed by atoms with Gasteiger partial charge in [-0.2, -0.15) is 0 Å². The van der Waals surface area contributed by atoms with E-state index in [9.17, 15) is 19.5 Å². The van der Waals surface area contributed by atoms with Gasteiger partial charge in [0.05, 0.1) is 6.10 Å². The number of Topliss-reactive ketones (excluding diaryl/α,β-unsaturated/α-hetero) is 2. The van der Waals surface area contributed by atoms with Crippen molar-refractivity contribution >= 4 is 17.5 Å². The fraction of sp³-hybridized carbons (Fsp3) is 0.452. The quantitative estimate of drug-likeness (QED) is 0.0672. The van der Waals surface area contributed by atoms with Gasteiger partial charge in [0.25, 0.3) is 0 Å². The number of rotatable bonds is 14. The highest BCUT2D eigenvalue weighted by atomic mass is 16.5. The minimum atomic E-state index is -0.705. The molecule has 0 aromatic carbocycles. The summed E-state index contributed by atoms with van der Waals surface area (Å²) in [6.07, 6.45) is 21.3. The van der Waals surface area contributed by atoms with E-state index in [4.69, 9.17) is 4.74 Å². The zero-order valence-corrected chi connectivity index (χ0v) is 30.5. The maximum atomic E-state index is 12.6. The molecule has 0 saturated carbocycles. The molecule has 0 saturated heterocycles. The number of aliphatic hydroxyl groups is 1. The van der Waals surface area contributed by atoms with Crippen LogP contribution in [0.4, 0.5) is 0 Å². The maximum Gasteiger partial charge on any atom is 0.302 e. The molecule has 0 radical (unpaired) electrons. The Morgan fingerprint density at radius 1 is 0.851 bits per heavy atom. The Labute approximate surface area is 284 Å². The molecule has 0 spiro atoms. The third-order valence-electron chi connectivity index (χ3n) is 7.99. The summed E-state index contributed by atoms with van der Waals surface area (Å²) in [4.78, 5) is 35.2. The van der Waals surface area contributed by atoms with Gasteiger partial charge in [-0.3, -0.25) is 14.4 Å². The molecule has 254 valence electrons. The molecule has 0 amide bonds. The van der Waals surface area contributed by atoms with Gasteiger partial charge in [0, 0.05) is 37.2 Å². The van der Waals surface area contributed by atoms with Gasteiger partial charge in [0.2, 0.25) is 0 Å². The molecule has 0 fully saturated rings. The van der Waals surface area contributed by atoms with E-state index in [1.54, 1.807) is 0 Å². The molecule has 47 heavy (non-hydrogen) atoms. The molecule has 5 heteroatoms. The second kappa shape index (κ2) is 20.3. The normalized spacial score (nSPS) is 19.2. The predicted octanol–water partition coefficient (Wildman–Crippen LogP) is 9.54. The first-order valence-electron chi connectivity index (χ1n) is 16.4. The molecular weight excluding hydrogens is 584 g/mol. The summed E-state index contributed by atoms with van der Waals surface area (Å²) in [6, 6.07) is 0. The average Bonchev–Trinajstić information content (AvgIpc) is 2.93. The Balaban J connectivity index is 2.72. The second-order valence-electron chi connectivity index (χ2n) is 13.5. The first kappa shape index (κ1) is 41.0. The minimum Gasteiger partial charge on any atom is -0.462 e. The van der Waals surface area contributed by atoms with Crippen LogP contribution in [-0.4, -0.2) is 34.9 Å². The van der Waals surface area contributed by atoms with Crippen molar-refractivity contribution in [2.45, 2.75) is 120 Å². The lowest BCUT2D eigenvalue weighted by atomic mass is 9.72. The molecule has 2 atom stereocenters. The van der Waals surface area contributed by atoms with Gasteiger partial charge in [-0.25, -0.2) is 0 Å². The fourth-order valence-corrected chi connectivity index (χ4v) is 5.33. The lowest BCUT2D eigenvalue weighted by Crippen LogP contribution is -2.31. The molecule has 0 aromatic heterocycles. The highest BCUT2D eigenvalue weighted by molar-refractivity contribution is 5.96. The summed E-state index contributed by atoms with van der Waals surface area (Å²) in [5.41, 5.74) is 7.84. The molecular formula is C42H56O5. The van der Waals surface area contributed by atoms with E-state index < -0.39 is 6.10 Å². The number of ether oxygens (including phenoxy) is 1. The van der Waals surface area contributed by atoms with E-state index >= 15 is 0 Å². The standard InChI is InChI=1S/C42H56O5/c1-29(18-14-19-31(3)22-23-40-35(7)25-39(47-37(9)44)28-42(40,10)11)16-12-13-17-30(2)20-15-21-32(4)41(46)26-34(6)33(5)24-38(45)27-36(8)43/h12-21,38-39,45H,24-28H2,1-11H3/b13-12+,18-14+,20-15+,29-16+,30-17+,31-19+,32-21+,34-33+/t38-,39+/m0/s1. The van der Waals surface area contributed by atoms with Gasteiger partial charge in [-0.1, -0.05) is 114 Å². The van der Waals surface area contributed by atoms with Crippen LogP contribution >= 0.6 is 0 Å². The van der Waals surface area contributed by atoms with Crippen LogP contribution in [0.3, 0.4) is 0 Å². The van der Waals surface area contributed by atoms with Crippen LogP contribution < -0.4 is 0 Å². The van der Waals surface area contributed by atoms with Gasteiger partial charge in [0.15, 0.2) is 5.78 Å². The summed E-state index contributed by atoms with van der Waals surface area (Å²) in [5, 5.41) is 10.0. The number of hydrogen-bond acceptors (Lipinski definition) is 5. The smallest absolute Gasteiger partial charge is 0.302 e. The van der Waals surface area contributed by atoms with Gasteiger partial charge >= 0.3 is 5.97 Å². The van der Waals surface area contributed by atoms with Crippen molar-refractivity contribution in [3.63, 3.8) is 0 Å². The van der Waals surface area contributed by atoms with Gasteiger partial charge in [-0.15, -0.1) is 0 Å². The molecule has 0 unspecified atom stereocenters.